The topological polar surface area (TPSA) is 38.0 Å². The predicted molar refractivity (Wildman–Crippen MR) is 61.7 cm³/mol. The van der Waals surface area contributed by atoms with E-state index in [0.717, 1.165) is 18.2 Å². The lowest BCUT2D eigenvalue weighted by atomic mass is 10.1. The molecule has 2 nitrogen and oxygen atoms in total. The molecule has 0 radical (unpaired) electrons. The Balaban J connectivity index is 2.89. The minimum atomic E-state index is -4.19. The van der Waals surface area contributed by atoms with Gasteiger partial charge in [-0.05, 0) is 18.2 Å². The zero-order valence-corrected chi connectivity index (χ0v) is 9.71. The van der Waals surface area contributed by atoms with Gasteiger partial charge in [-0.15, -0.1) is 0 Å². The summed E-state index contributed by atoms with van der Waals surface area (Å²) >= 11 is 4.60. The van der Waals surface area contributed by atoms with E-state index >= 15 is 0 Å². The molecule has 100 valence electrons. The lowest BCUT2D eigenvalue weighted by Crippen LogP contribution is -2.35. The number of benzene rings is 1. The van der Waals surface area contributed by atoms with Gasteiger partial charge in [0.15, 0.2) is 0 Å². The minimum absolute atomic E-state index is 0.0185. The molecule has 1 rings (SSSR count). The molecule has 1 aromatic rings. The first-order chi connectivity index (χ1) is 8.24. The van der Waals surface area contributed by atoms with Gasteiger partial charge >= 0.3 is 12.3 Å². The normalized spacial score (nSPS) is 11.7. The van der Waals surface area contributed by atoms with Crippen LogP contribution in [0.4, 0.5) is 27.6 Å². The molecular formula is C10H9F5N2S. The number of nitrogens with one attached hydrogen (secondary N) is 1. The summed E-state index contributed by atoms with van der Waals surface area (Å²) < 4.78 is 62.2. The Hall–Kier alpha value is -1.44. The Bertz CT molecular complexity index is 450. The van der Waals surface area contributed by atoms with Crippen molar-refractivity contribution in [1.82, 2.24) is 0 Å². The number of rotatable bonds is 5. The monoisotopic (exact) mass is 284 g/mol. The maximum absolute atomic E-state index is 12.9. The molecule has 0 aliphatic rings. The van der Waals surface area contributed by atoms with E-state index < -0.39 is 24.7 Å². The van der Waals surface area contributed by atoms with Crippen molar-refractivity contribution in [2.45, 2.75) is 12.3 Å². The summed E-state index contributed by atoms with van der Waals surface area (Å²) in [5.74, 6) is -4.86. The van der Waals surface area contributed by atoms with Crippen molar-refractivity contribution in [3.05, 3.63) is 29.6 Å². The summed E-state index contributed by atoms with van der Waals surface area (Å²) in [6.45, 7) is -1.30. The van der Waals surface area contributed by atoms with Gasteiger partial charge in [-0.3, -0.25) is 0 Å². The highest BCUT2D eigenvalue weighted by Gasteiger charge is 2.40. The van der Waals surface area contributed by atoms with Crippen molar-refractivity contribution in [3.63, 3.8) is 0 Å². The van der Waals surface area contributed by atoms with Crippen molar-refractivity contribution in [1.29, 1.82) is 0 Å². The minimum Gasteiger partial charge on any atom is -0.389 e. The van der Waals surface area contributed by atoms with Crippen molar-refractivity contribution >= 4 is 22.9 Å². The molecule has 0 amide bonds. The molecule has 3 N–H and O–H groups in total. The molecule has 0 bridgehead atoms. The predicted octanol–water partition coefficient (Wildman–Crippen LogP) is 2.77. The lowest BCUT2D eigenvalue weighted by molar-refractivity contribution is -0.117. The highest BCUT2D eigenvalue weighted by atomic mass is 32.1. The fourth-order valence-corrected chi connectivity index (χ4v) is 1.33. The van der Waals surface area contributed by atoms with E-state index in [0.29, 0.717) is 0 Å². The second-order valence-corrected chi connectivity index (χ2v) is 3.91. The number of nitrogens with two attached hydrogens (primary N) is 1. The smallest absolute Gasteiger partial charge is 0.324 e. The summed E-state index contributed by atoms with van der Waals surface area (Å²) in [5, 5.41) is 2.08. The molecule has 0 saturated carbocycles. The first-order valence-electron chi connectivity index (χ1n) is 4.73. The van der Waals surface area contributed by atoms with E-state index in [-0.39, 0.29) is 16.2 Å². The van der Waals surface area contributed by atoms with Crippen molar-refractivity contribution in [3.8, 4) is 0 Å². The van der Waals surface area contributed by atoms with Gasteiger partial charge in [0.05, 0.1) is 6.54 Å². The van der Waals surface area contributed by atoms with Crippen molar-refractivity contribution in [2.24, 2.45) is 5.73 Å². The van der Waals surface area contributed by atoms with Crippen molar-refractivity contribution < 1.29 is 22.0 Å². The number of thiocarbonyl (C=S) groups is 1. The fourth-order valence-electron chi connectivity index (χ4n) is 1.16. The van der Waals surface area contributed by atoms with Gasteiger partial charge in [0, 0.05) is 11.3 Å². The third kappa shape index (κ3) is 3.52. The van der Waals surface area contributed by atoms with Crippen LogP contribution in [-0.4, -0.2) is 23.9 Å². The first kappa shape index (κ1) is 14.6. The lowest BCUT2D eigenvalue weighted by Gasteiger charge is -2.18. The molecule has 8 heteroatoms. The Morgan fingerprint density at radius 2 is 2.00 bits per heavy atom. The van der Waals surface area contributed by atoms with Gasteiger partial charge in [0.25, 0.3) is 0 Å². The van der Waals surface area contributed by atoms with Crippen LogP contribution in [-0.2, 0) is 0 Å². The molecule has 0 saturated heterocycles. The standard InChI is InChI=1S/C10H9F5N2S/c11-5-1-2-7(6(3-5)8(16)18)17-4-10(14,15)9(12)13/h1-3,9,17H,4H2,(H2,16,18). The van der Waals surface area contributed by atoms with Crippen LogP contribution < -0.4 is 11.1 Å². The highest BCUT2D eigenvalue weighted by Crippen LogP contribution is 2.24. The van der Waals surface area contributed by atoms with Crippen LogP contribution >= 0.6 is 12.2 Å². The Labute approximate surface area is 105 Å². The molecule has 0 aliphatic carbocycles. The van der Waals surface area contributed by atoms with E-state index in [9.17, 15) is 22.0 Å². The van der Waals surface area contributed by atoms with Gasteiger partial charge in [-0.2, -0.15) is 8.78 Å². The number of halogens is 5. The zero-order chi connectivity index (χ0) is 13.9. The van der Waals surface area contributed by atoms with Crippen LogP contribution in [0.3, 0.4) is 0 Å². The molecule has 0 heterocycles. The van der Waals surface area contributed by atoms with Crippen LogP contribution in [0.1, 0.15) is 5.56 Å². The Kier molecular flexibility index (Phi) is 4.44. The number of anilines is 1. The quantitative estimate of drug-likeness (QED) is 0.645. The number of alkyl halides is 4. The fraction of sp³-hybridized carbons (Fsp3) is 0.300. The number of hydrogen-bond donors (Lipinski definition) is 2. The van der Waals surface area contributed by atoms with Gasteiger partial charge in [-0.25, -0.2) is 13.2 Å². The van der Waals surface area contributed by atoms with E-state index in [4.69, 9.17) is 5.73 Å². The zero-order valence-electron chi connectivity index (χ0n) is 8.89. The SMILES string of the molecule is NC(=S)c1cc(F)ccc1NCC(F)(F)C(F)F. The first-order valence-corrected chi connectivity index (χ1v) is 5.14. The van der Waals surface area contributed by atoms with Crippen LogP contribution in [0, 0.1) is 5.82 Å². The van der Waals surface area contributed by atoms with Gasteiger partial charge in [0.1, 0.15) is 10.8 Å². The van der Waals surface area contributed by atoms with Crippen LogP contribution in [0.15, 0.2) is 18.2 Å². The molecule has 0 spiro atoms. The summed E-state index contributed by atoms with van der Waals surface area (Å²) in [6, 6.07) is 3.02. The van der Waals surface area contributed by atoms with Gasteiger partial charge in [-0.1, -0.05) is 12.2 Å². The van der Waals surface area contributed by atoms with Gasteiger partial charge in [0.2, 0.25) is 0 Å². The van der Waals surface area contributed by atoms with Crippen LogP contribution in [0.25, 0.3) is 0 Å². The third-order valence-electron chi connectivity index (χ3n) is 2.08. The van der Waals surface area contributed by atoms with E-state index in [1.54, 1.807) is 0 Å². The molecule has 1 aromatic carbocycles. The Morgan fingerprint density at radius 3 is 2.50 bits per heavy atom. The molecule has 18 heavy (non-hydrogen) atoms. The summed E-state index contributed by atoms with van der Waals surface area (Å²) in [4.78, 5) is -0.225. The highest BCUT2D eigenvalue weighted by molar-refractivity contribution is 7.80. The molecule has 0 aromatic heterocycles. The third-order valence-corrected chi connectivity index (χ3v) is 2.30. The van der Waals surface area contributed by atoms with Crippen molar-refractivity contribution in [2.75, 3.05) is 11.9 Å². The molecule has 0 fully saturated rings. The second-order valence-electron chi connectivity index (χ2n) is 3.47. The summed E-state index contributed by atoms with van der Waals surface area (Å²) in [5.41, 5.74) is 5.23. The summed E-state index contributed by atoms with van der Waals surface area (Å²) in [7, 11) is 0. The average Bonchev–Trinajstić information content (AvgIpc) is 2.27. The van der Waals surface area contributed by atoms with Gasteiger partial charge < -0.3 is 11.1 Å². The van der Waals surface area contributed by atoms with Crippen LogP contribution in [0.5, 0.6) is 0 Å². The summed E-state index contributed by atoms with van der Waals surface area (Å²) in [6.07, 6.45) is -3.79. The molecular weight excluding hydrogens is 275 g/mol. The molecule has 0 unspecified atom stereocenters. The molecule has 0 atom stereocenters. The van der Waals surface area contributed by atoms with E-state index in [1.165, 1.54) is 0 Å². The second kappa shape index (κ2) is 5.47. The molecule has 0 aliphatic heterocycles. The Morgan fingerprint density at radius 1 is 1.39 bits per heavy atom. The van der Waals surface area contributed by atoms with E-state index in [2.05, 4.69) is 17.5 Å². The maximum atomic E-state index is 12.9. The van der Waals surface area contributed by atoms with Crippen LogP contribution in [0.2, 0.25) is 0 Å². The maximum Gasteiger partial charge on any atom is 0.324 e. The number of hydrogen-bond acceptors (Lipinski definition) is 2. The average molecular weight is 284 g/mol. The largest absolute Gasteiger partial charge is 0.389 e. The van der Waals surface area contributed by atoms with E-state index in [1.807, 2.05) is 0 Å².